The number of methoxy groups -OCH3 is 1. The van der Waals surface area contributed by atoms with Crippen LogP contribution in [0.3, 0.4) is 0 Å². The maximum absolute atomic E-state index is 11.5. The first-order valence-corrected chi connectivity index (χ1v) is 9.95. The summed E-state index contributed by atoms with van der Waals surface area (Å²) in [6, 6.07) is 28.5. The standard InChI is InChI=1S/C17H19NO2.C7H7Br/c1-20-17(19)14-18(12-15-8-4-2-5-9-15)13-16-10-6-3-7-11-16;1-6-3-2-4-7(8)5-6/h2-11H,12-14H2,1H3;2-5H,1H3. The molecule has 0 aliphatic heterocycles. The fourth-order valence-electron chi connectivity index (χ4n) is 2.70. The Morgan fingerprint density at radius 1 is 0.857 bits per heavy atom. The maximum atomic E-state index is 11.5. The lowest BCUT2D eigenvalue weighted by Crippen LogP contribution is -2.29. The largest absolute Gasteiger partial charge is 0.468 e. The zero-order valence-corrected chi connectivity index (χ0v) is 17.9. The van der Waals surface area contributed by atoms with E-state index in [1.165, 1.54) is 23.8 Å². The number of halogens is 1. The highest BCUT2D eigenvalue weighted by molar-refractivity contribution is 9.10. The molecule has 3 aromatic rings. The molecule has 4 heteroatoms. The number of nitrogens with zero attached hydrogens (tertiary/aromatic N) is 1. The summed E-state index contributed by atoms with van der Waals surface area (Å²) in [5, 5.41) is 0. The minimum absolute atomic E-state index is 0.211. The summed E-state index contributed by atoms with van der Waals surface area (Å²) < 4.78 is 5.93. The van der Waals surface area contributed by atoms with Gasteiger partial charge in [-0.3, -0.25) is 9.69 Å². The molecule has 0 saturated heterocycles. The lowest BCUT2D eigenvalue weighted by molar-refractivity contribution is -0.142. The summed E-state index contributed by atoms with van der Waals surface area (Å²) in [7, 11) is 1.42. The highest BCUT2D eigenvalue weighted by atomic mass is 79.9. The third-order valence-electron chi connectivity index (χ3n) is 4.06. The first-order valence-electron chi connectivity index (χ1n) is 9.16. The number of hydrogen-bond acceptors (Lipinski definition) is 3. The van der Waals surface area contributed by atoms with Crippen LogP contribution in [0.2, 0.25) is 0 Å². The van der Waals surface area contributed by atoms with Gasteiger partial charge < -0.3 is 4.74 Å². The maximum Gasteiger partial charge on any atom is 0.319 e. The van der Waals surface area contributed by atoms with Gasteiger partial charge >= 0.3 is 5.97 Å². The highest BCUT2D eigenvalue weighted by Crippen LogP contribution is 2.10. The number of hydrogen-bond donors (Lipinski definition) is 0. The Morgan fingerprint density at radius 3 is 1.79 bits per heavy atom. The number of rotatable bonds is 6. The van der Waals surface area contributed by atoms with Gasteiger partial charge in [0.2, 0.25) is 0 Å². The summed E-state index contributed by atoms with van der Waals surface area (Å²) in [4.78, 5) is 13.6. The van der Waals surface area contributed by atoms with Gasteiger partial charge in [-0.25, -0.2) is 0 Å². The molecular weight excluding hydrogens is 414 g/mol. The average Bonchev–Trinajstić information content (AvgIpc) is 2.70. The molecule has 0 atom stereocenters. The summed E-state index contributed by atoms with van der Waals surface area (Å²) in [6.45, 7) is 3.82. The number of aryl methyl sites for hydroxylation is 1. The molecule has 28 heavy (non-hydrogen) atoms. The van der Waals surface area contributed by atoms with Crippen molar-refractivity contribution in [3.63, 3.8) is 0 Å². The molecule has 3 rings (SSSR count). The van der Waals surface area contributed by atoms with Gasteiger partial charge in [-0.05, 0) is 30.2 Å². The zero-order chi connectivity index (χ0) is 20.2. The predicted molar refractivity (Wildman–Crippen MR) is 118 cm³/mol. The number of ether oxygens (including phenoxy) is 1. The van der Waals surface area contributed by atoms with Crippen LogP contribution in [0.25, 0.3) is 0 Å². The second kappa shape index (κ2) is 12.1. The molecule has 0 N–H and O–H groups in total. The normalized spacial score (nSPS) is 10.1. The molecular formula is C24H26BrNO2. The molecule has 0 aromatic heterocycles. The van der Waals surface area contributed by atoms with Crippen molar-refractivity contribution in [2.24, 2.45) is 0 Å². The van der Waals surface area contributed by atoms with E-state index in [4.69, 9.17) is 4.74 Å². The van der Waals surface area contributed by atoms with Gasteiger partial charge in [-0.1, -0.05) is 94.3 Å². The smallest absolute Gasteiger partial charge is 0.319 e. The number of carbonyl (C=O) groups is 1. The van der Waals surface area contributed by atoms with E-state index in [2.05, 4.69) is 64.2 Å². The predicted octanol–water partition coefficient (Wildman–Crippen LogP) is 5.62. The monoisotopic (exact) mass is 439 g/mol. The van der Waals surface area contributed by atoms with E-state index >= 15 is 0 Å². The van der Waals surface area contributed by atoms with Gasteiger partial charge in [0.15, 0.2) is 0 Å². The Labute approximate surface area is 176 Å². The van der Waals surface area contributed by atoms with E-state index in [0.717, 1.165) is 17.6 Å². The summed E-state index contributed by atoms with van der Waals surface area (Å²) in [5.41, 5.74) is 3.67. The van der Waals surface area contributed by atoms with Crippen molar-refractivity contribution in [2.45, 2.75) is 20.0 Å². The zero-order valence-electron chi connectivity index (χ0n) is 16.3. The van der Waals surface area contributed by atoms with Gasteiger partial charge in [-0.15, -0.1) is 0 Å². The molecule has 0 aliphatic carbocycles. The van der Waals surface area contributed by atoms with E-state index in [-0.39, 0.29) is 5.97 Å². The van der Waals surface area contributed by atoms with Crippen LogP contribution >= 0.6 is 15.9 Å². The topological polar surface area (TPSA) is 29.5 Å². The first-order chi connectivity index (χ1) is 13.6. The molecule has 0 bridgehead atoms. The molecule has 0 unspecified atom stereocenters. The second-order valence-corrected chi connectivity index (χ2v) is 7.41. The van der Waals surface area contributed by atoms with Crippen LogP contribution < -0.4 is 0 Å². The summed E-state index contributed by atoms with van der Waals surface area (Å²) >= 11 is 3.36. The molecule has 3 nitrogen and oxygen atoms in total. The van der Waals surface area contributed by atoms with Crippen molar-refractivity contribution < 1.29 is 9.53 Å². The summed E-state index contributed by atoms with van der Waals surface area (Å²) in [5.74, 6) is -0.211. The van der Waals surface area contributed by atoms with Crippen molar-refractivity contribution in [3.05, 3.63) is 106 Å². The average molecular weight is 440 g/mol. The molecule has 0 aliphatic rings. The van der Waals surface area contributed by atoms with Crippen LogP contribution in [-0.4, -0.2) is 24.5 Å². The van der Waals surface area contributed by atoms with Crippen LogP contribution in [0.1, 0.15) is 16.7 Å². The van der Waals surface area contributed by atoms with E-state index in [0.29, 0.717) is 6.54 Å². The van der Waals surface area contributed by atoms with Crippen molar-refractivity contribution >= 4 is 21.9 Å². The first kappa shape index (κ1) is 21.9. The number of esters is 1. The van der Waals surface area contributed by atoms with Crippen molar-refractivity contribution in [2.75, 3.05) is 13.7 Å². The molecule has 0 saturated carbocycles. The van der Waals surface area contributed by atoms with E-state index in [1.54, 1.807) is 0 Å². The number of carbonyl (C=O) groups excluding carboxylic acids is 1. The van der Waals surface area contributed by atoms with Gasteiger partial charge in [0.1, 0.15) is 0 Å². The Kier molecular flexibility index (Phi) is 9.46. The van der Waals surface area contributed by atoms with Gasteiger partial charge in [-0.2, -0.15) is 0 Å². The minimum Gasteiger partial charge on any atom is -0.468 e. The lowest BCUT2D eigenvalue weighted by Gasteiger charge is -2.21. The Morgan fingerprint density at radius 2 is 1.39 bits per heavy atom. The fourth-order valence-corrected chi connectivity index (χ4v) is 3.22. The third-order valence-corrected chi connectivity index (χ3v) is 4.55. The minimum atomic E-state index is -0.211. The summed E-state index contributed by atoms with van der Waals surface area (Å²) in [6.07, 6.45) is 0. The number of benzene rings is 3. The molecule has 0 spiro atoms. The fraction of sp³-hybridized carbons (Fsp3) is 0.208. The van der Waals surface area contributed by atoms with Crippen molar-refractivity contribution in [1.29, 1.82) is 0 Å². The van der Waals surface area contributed by atoms with Crippen LogP contribution in [0.5, 0.6) is 0 Å². The molecule has 146 valence electrons. The Balaban J connectivity index is 0.000000292. The molecule has 0 amide bonds. The molecule has 3 aromatic carbocycles. The van der Waals surface area contributed by atoms with E-state index in [9.17, 15) is 4.79 Å². The molecule has 0 radical (unpaired) electrons. The molecule has 0 fully saturated rings. The van der Waals surface area contributed by atoms with E-state index in [1.807, 2.05) is 48.5 Å². The van der Waals surface area contributed by atoms with E-state index < -0.39 is 0 Å². The third kappa shape index (κ3) is 8.51. The second-order valence-electron chi connectivity index (χ2n) is 6.49. The van der Waals surface area contributed by atoms with Crippen LogP contribution in [-0.2, 0) is 22.6 Å². The quantitative estimate of drug-likeness (QED) is 0.466. The Hall–Kier alpha value is -2.43. The van der Waals surface area contributed by atoms with Crippen LogP contribution in [0.15, 0.2) is 89.4 Å². The lowest BCUT2D eigenvalue weighted by atomic mass is 10.1. The van der Waals surface area contributed by atoms with Crippen molar-refractivity contribution in [1.82, 2.24) is 4.90 Å². The van der Waals surface area contributed by atoms with Crippen LogP contribution in [0.4, 0.5) is 0 Å². The van der Waals surface area contributed by atoms with Gasteiger partial charge in [0, 0.05) is 17.6 Å². The van der Waals surface area contributed by atoms with Crippen molar-refractivity contribution in [3.8, 4) is 0 Å². The van der Waals surface area contributed by atoms with Gasteiger partial charge in [0.05, 0.1) is 13.7 Å². The molecule has 0 heterocycles. The SMILES string of the molecule is COC(=O)CN(Cc1ccccc1)Cc1ccccc1.Cc1cccc(Br)c1. The Bertz CT molecular complexity index is 779. The highest BCUT2D eigenvalue weighted by Gasteiger charge is 2.12. The van der Waals surface area contributed by atoms with Crippen LogP contribution in [0, 0.1) is 6.92 Å². The van der Waals surface area contributed by atoms with Gasteiger partial charge in [0.25, 0.3) is 0 Å².